The fourth-order valence-electron chi connectivity index (χ4n) is 1.98. The number of aromatic nitrogens is 6. The van der Waals surface area contributed by atoms with Gasteiger partial charge < -0.3 is 4.90 Å². The fraction of sp³-hybridized carbons (Fsp3) is 0.312. The molecular formula is C16H18ClN7S. The summed E-state index contributed by atoms with van der Waals surface area (Å²) in [5.41, 5.74) is 0.913. The summed E-state index contributed by atoms with van der Waals surface area (Å²) in [4.78, 5) is 19.8. The van der Waals surface area contributed by atoms with Gasteiger partial charge in [0.25, 0.3) is 0 Å². The van der Waals surface area contributed by atoms with Crippen molar-refractivity contribution in [2.45, 2.75) is 30.1 Å². The standard InChI is InChI=1S/C16H18ClN7S/c1-9(2)12-18-14(24(3)4)21-15(19-12)25-16-20-13(22-23-16)10-5-7-11(17)8-6-10/h5-9H,1-4H3,(H,20,22,23). The third kappa shape index (κ3) is 4.26. The molecule has 0 aliphatic heterocycles. The number of hydrogen-bond acceptors (Lipinski definition) is 7. The van der Waals surface area contributed by atoms with Gasteiger partial charge in [0.2, 0.25) is 16.3 Å². The first-order valence-electron chi connectivity index (χ1n) is 7.72. The topological polar surface area (TPSA) is 83.5 Å². The molecule has 0 bridgehead atoms. The second kappa shape index (κ2) is 7.37. The van der Waals surface area contributed by atoms with Crippen molar-refractivity contribution in [3.05, 3.63) is 35.1 Å². The SMILES string of the molecule is CC(C)c1nc(Sc2n[nH]c(-c3ccc(Cl)cc3)n2)nc(N(C)C)n1. The van der Waals surface area contributed by atoms with E-state index in [1.807, 2.05) is 43.3 Å². The molecule has 0 fully saturated rings. The number of halogens is 1. The monoisotopic (exact) mass is 375 g/mol. The number of nitrogens with one attached hydrogen (secondary N) is 1. The minimum atomic E-state index is 0.206. The quantitative estimate of drug-likeness (QED) is 0.728. The summed E-state index contributed by atoms with van der Waals surface area (Å²) in [6.45, 7) is 4.10. The molecule has 0 amide bonds. The van der Waals surface area contributed by atoms with Crippen LogP contribution in [0.1, 0.15) is 25.6 Å². The highest BCUT2D eigenvalue weighted by atomic mass is 35.5. The largest absolute Gasteiger partial charge is 0.347 e. The maximum Gasteiger partial charge on any atom is 0.229 e. The van der Waals surface area contributed by atoms with Crippen LogP contribution in [0.4, 0.5) is 5.95 Å². The van der Waals surface area contributed by atoms with Crippen molar-refractivity contribution >= 4 is 29.3 Å². The van der Waals surface area contributed by atoms with Crippen molar-refractivity contribution < 1.29 is 0 Å². The number of anilines is 1. The molecule has 0 unspecified atom stereocenters. The Kier molecular flexibility index (Phi) is 5.19. The number of H-pyrrole nitrogens is 1. The van der Waals surface area contributed by atoms with E-state index in [9.17, 15) is 0 Å². The maximum atomic E-state index is 5.92. The molecule has 9 heteroatoms. The van der Waals surface area contributed by atoms with Crippen molar-refractivity contribution in [1.29, 1.82) is 0 Å². The van der Waals surface area contributed by atoms with E-state index in [4.69, 9.17) is 11.6 Å². The second-order valence-corrected chi connectivity index (χ2v) is 7.27. The van der Waals surface area contributed by atoms with E-state index in [2.05, 4.69) is 44.0 Å². The third-order valence-corrected chi connectivity index (χ3v) is 4.28. The van der Waals surface area contributed by atoms with Gasteiger partial charge in [-0.1, -0.05) is 25.4 Å². The second-order valence-electron chi connectivity index (χ2n) is 5.90. The first-order valence-corrected chi connectivity index (χ1v) is 8.91. The molecule has 3 aromatic rings. The van der Waals surface area contributed by atoms with Crippen LogP contribution in [-0.2, 0) is 0 Å². The molecule has 0 radical (unpaired) electrons. The molecule has 0 saturated carbocycles. The molecule has 1 N–H and O–H groups in total. The van der Waals surface area contributed by atoms with Gasteiger partial charge in [-0.25, -0.2) is 9.97 Å². The number of aromatic amines is 1. The molecule has 0 aliphatic rings. The number of rotatable bonds is 5. The van der Waals surface area contributed by atoms with Gasteiger partial charge in [-0.2, -0.15) is 9.97 Å². The highest BCUT2D eigenvalue weighted by Gasteiger charge is 2.14. The van der Waals surface area contributed by atoms with Crippen molar-refractivity contribution in [2.75, 3.05) is 19.0 Å². The lowest BCUT2D eigenvalue weighted by molar-refractivity contribution is 0.715. The Morgan fingerprint density at radius 3 is 2.36 bits per heavy atom. The third-order valence-electron chi connectivity index (χ3n) is 3.30. The lowest BCUT2D eigenvalue weighted by Crippen LogP contribution is -2.15. The zero-order valence-electron chi connectivity index (χ0n) is 14.4. The molecule has 2 aromatic heterocycles. The van der Waals surface area contributed by atoms with Crippen LogP contribution in [0, 0.1) is 0 Å². The highest BCUT2D eigenvalue weighted by Crippen LogP contribution is 2.26. The van der Waals surface area contributed by atoms with Crippen LogP contribution in [0.2, 0.25) is 5.02 Å². The minimum absolute atomic E-state index is 0.206. The molecule has 7 nitrogen and oxygen atoms in total. The van der Waals surface area contributed by atoms with E-state index in [0.29, 0.717) is 27.1 Å². The normalized spacial score (nSPS) is 11.1. The van der Waals surface area contributed by atoms with Gasteiger partial charge in [0.1, 0.15) is 5.82 Å². The van der Waals surface area contributed by atoms with Crippen molar-refractivity contribution in [2.24, 2.45) is 0 Å². The average Bonchev–Trinajstić information content (AvgIpc) is 3.03. The number of nitrogens with zero attached hydrogens (tertiary/aromatic N) is 6. The number of benzene rings is 1. The Morgan fingerprint density at radius 1 is 1.00 bits per heavy atom. The van der Waals surface area contributed by atoms with E-state index < -0.39 is 0 Å². The van der Waals surface area contributed by atoms with Gasteiger partial charge in [0, 0.05) is 30.6 Å². The summed E-state index contributed by atoms with van der Waals surface area (Å²) in [6.07, 6.45) is 0. The summed E-state index contributed by atoms with van der Waals surface area (Å²) < 4.78 is 0. The Hall–Kier alpha value is -2.19. The first kappa shape index (κ1) is 17.6. The van der Waals surface area contributed by atoms with Gasteiger partial charge >= 0.3 is 0 Å². The van der Waals surface area contributed by atoms with Crippen molar-refractivity contribution in [1.82, 2.24) is 30.1 Å². The zero-order chi connectivity index (χ0) is 18.0. The van der Waals surface area contributed by atoms with Gasteiger partial charge in [-0.3, -0.25) is 5.10 Å². The van der Waals surface area contributed by atoms with Crippen molar-refractivity contribution in [3.63, 3.8) is 0 Å². The van der Waals surface area contributed by atoms with Crippen molar-refractivity contribution in [3.8, 4) is 11.4 Å². The molecule has 0 spiro atoms. The number of hydrogen-bond donors (Lipinski definition) is 1. The minimum Gasteiger partial charge on any atom is -0.347 e. The van der Waals surface area contributed by atoms with Crippen LogP contribution >= 0.6 is 23.4 Å². The van der Waals surface area contributed by atoms with Crippen LogP contribution in [0.15, 0.2) is 34.6 Å². The Bertz CT molecular complexity index is 835. The molecule has 0 saturated heterocycles. The Balaban J connectivity index is 1.86. The fourth-order valence-corrected chi connectivity index (χ4v) is 2.76. The summed E-state index contributed by atoms with van der Waals surface area (Å²) in [7, 11) is 3.80. The smallest absolute Gasteiger partial charge is 0.229 e. The maximum absolute atomic E-state index is 5.92. The van der Waals surface area contributed by atoms with E-state index in [-0.39, 0.29) is 5.92 Å². The molecule has 25 heavy (non-hydrogen) atoms. The Labute approximate surface area is 155 Å². The lowest BCUT2D eigenvalue weighted by atomic mass is 10.2. The predicted octanol–water partition coefficient (Wildman–Crippen LogP) is 3.65. The van der Waals surface area contributed by atoms with E-state index in [0.717, 1.165) is 11.4 Å². The summed E-state index contributed by atoms with van der Waals surface area (Å²) in [6, 6.07) is 7.41. The van der Waals surface area contributed by atoms with Gasteiger partial charge in [0.05, 0.1) is 0 Å². The van der Waals surface area contributed by atoms with Gasteiger partial charge in [0.15, 0.2) is 5.82 Å². The molecule has 2 heterocycles. The van der Waals surface area contributed by atoms with Crippen LogP contribution in [-0.4, -0.2) is 44.2 Å². The molecule has 0 atom stereocenters. The molecular weight excluding hydrogens is 358 g/mol. The molecule has 3 rings (SSSR count). The predicted molar refractivity (Wildman–Crippen MR) is 99.2 cm³/mol. The molecule has 0 aliphatic carbocycles. The van der Waals surface area contributed by atoms with Crippen LogP contribution in [0.5, 0.6) is 0 Å². The first-order chi connectivity index (χ1) is 11.9. The van der Waals surface area contributed by atoms with Gasteiger partial charge in [-0.05, 0) is 36.0 Å². The van der Waals surface area contributed by atoms with Crippen LogP contribution in [0.3, 0.4) is 0 Å². The van der Waals surface area contributed by atoms with E-state index in [1.54, 1.807) is 0 Å². The van der Waals surface area contributed by atoms with E-state index >= 15 is 0 Å². The average molecular weight is 376 g/mol. The lowest BCUT2D eigenvalue weighted by Gasteiger charge is -2.13. The summed E-state index contributed by atoms with van der Waals surface area (Å²) in [5, 5.41) is 8.97. The van der Waals surface area contributed by atoms with Gasteiger partial charge in [-0.15, -0.1) is 5.10 Å². The van der Waals surface area contributed by atoms with E-state index in [1.165, 1.54) is 11.8 Å². The zero-order valence-corrected chi connectivity index (χ0v) is 15.9. The Morgan fingerprint density at radius 2 is 1.72 bits per heavy atom. The summed E-state index contributed by atoms with van der Waals surface area (Å²) >= 11 is 7.22. The molecule has 1 aromatic carbocycles. The molecule has 130 valence electrons. The highest BCUT2D eigenvalue weighted by molar-refractivity contribution is 7.99. The summed E-state index contributed by atoms with van der Waals surface area (Å²) in [5.74, 6) is 2.24. The van der Waals surface area contributed by atoms with Crippen LogP contribution in [0.25, 0.3) is 11.4 Å². The van der Waals surface area contributed by atoms with Crippen LogP contribution < -0.4 is 4.90 Å².